The number of rotatable bonds is 6. The van der Waals surface area contributed by atoms with Crippen LogP contribution in [0, 0.1) is 6.92 Å². The first kappa shape index (κ1) is 22.0. The molecule has 0 bridgehead atoms. The van der Waals surface area contributed by atoms with E-state index in [4.69, 9.17) is 21.3 Å². The zero-order valence-corrected chi connectivity index (χ0v) is 19.6. The predicted molar refractivity (Wildman–Crippen MR) is 132 cm³/mol. The number of thiophene rings is 1. The number of halogens is 1. The molecule has 5 nitrogen and oxygen atoms in total. The number of aryl methyl sites for hydroxylation is 1. The van der Waals surface area contributed by atoms with Crippen molar-refractivity contribution < 1.29 is 9.53 Å². The highest BCUT2D eigenvalue weighted by Gasteiger charge is 2.15. The van der Waals surface area contributed by atoms with Crippen LogP contribution in [0.15, 0.2) is 65.8 Å². The number of hydrogen-bond donors (Lipinski definition) is 1. The van der Waals surface area contributed by atoms with E-state index in [0.29, 0.717) is 27.9 Å². The van der Waals surface area contributed by atoms with Gasteiger partial charge in [-0.1, -0.05) is 23.2 Å². The number of carbonyl (C=O) groups excluding carboxylic acids is 1. The lowest BCUT2D eigenvalue weighted by atomic mass is 10.0. The molecule has 0 spiro atoms. The summed E-state index contributed by atoms with van der Waals surface area (Å²) in [4.78, 5) is 18.8. The smallest absolute Gasteiger partial charge is 0.272 e. The average molecular weight is 464 g/mol. The van der Waals surface area contributed by atoms with Gasteiger partial charge in [0.15, 0.2) is 0 Å². The molecule has 4 aromatic rings. The molecular weight excluding hydrogens is 442 g/mol. The van der Waals surface area contributed by atoms with E-state index in [9.17, 15) is 4.79 Å². The van der Waals surface area contributed by atoms with E-state index in [2.05, 4.69) is 10.5 Å². The molecular formula is C25H22ClN3O2S. The number of hydrogen-bond acceptors (Lipinski definition) is 5. The van der Waals surface area contributed by atoms with Crippen LogP contribution in [0.3, 0.4) is 0 Å². The highest BCUT2D eigenvalue weighted by atomic mass is 35.5. The fraction of sp³-hybridized carbons (Fsp3) is 0.160. The first-order valence-electron chi connectivity index (χ1n) is 10.2. The number of benzene rings is 2. The third kappa shape index (κ3) is 4.82. The van der Waals surface area contributed by atoms with Gasteiger partial charge in [0.2, 0.25) is 0 Å². The second kappa shape index (κ2) is 9.51. The van der Waals surface area contributed by atoms with E-state index >= 15 is 0 Å². The maximum absolute atomic E-state index is 13.1. The van der Waals surface area contributed by atoms with Gasteiger partial charge in [0.25, 0.3) is 5.91 Å². The Kier molecular flexibility index (Phi) is 6.53. The topological polar surface area (TPSA) is 63.6 Å². The van der Waals surface area contributed by atoms with Crippen LogP contribution in [0.25, 0.3) is 22.2 Å². The van der Waals surface area contributed by atoms with E-state index in [-0.39, 0.29) is 5.91 Å². The van der Waals surface area contributed by atoms with E-state index < -0.39 is 0 Å². The zero-order chi connectivity index (χ0) is 22.7. The van der Waals surface area contributed by atoms with Crippen molar-refractivity contribution in [3.8, 4) is 17.0 Å². The summed E-state index contributed by atoms with van der Waals surface area (Å²) < 4.78 is 6.21. The second-order valence-corrected chi connectivity index (χ2v) is 8.99. The van der Waals surface area contributed by atoms with Crippen LogP contribution in [0.5, 0.6) is 5.75 Å². The average Bonchev–Trinajstić information content (AvgIpc) is 3.23. The van der Waals surface area contributed by atoms with Crippen molar-refractivity contribution in [2.24, 2.45) is 5.10 Å². The number of nitrogens with one attached hydrogen (secondary N) is 1. The standard InChI is InChI=1S/C25H22ClN3O2S/c1-4-31-18-8-6-17(7-9-18)22-14-20(19-13-15(2)5-10-21(19)27-22)25(30)29-28-16(3)23-11-12-24(26)32-23/h5-14H,4H2,1-3H3,(H,29,30). The van der Waals surface area contributed by atoms with Crippen molar-refractivity contribution in [2.75, 3.05) is 6.61 Å². The summed E-state index contributed by atoms with van der Waals surface area (Å²) >= 11 is 7.42. The van der Waals surface area contributed by atoms with Crippen molar-refractivity contribution >= 4 is 45.5 Å². The molecule has 4 rings (SSSR count). The number of pyridine rings is 1. The molecule has 0 atom stereocenters. The summed E-state index contributed by atoms with van der Waals surface area (Å²) in [7, 11) is 0. The SMILES string of the molecule is CCOc1ccc(-c2cc(C(=O)NN=C(C)c3ccc(Cl)s3)c3cc(C)ccc3n2)cc1. The molecule has 2 aromatic carbocycles. The number of hydrazone groups is 1. The van der Waals surface area contributed by atoms with Crippen LogP contribution in [-0.2, 0) is 0 Å². The summed E-state index contributed by atoms with van der Waals surface area (Å²) in [5.41, 5.74) is 7.30. The molecule has 1 amide bonds. The molecule has 2 aromatic heterocycles. The highest BCUT2D eigenvalue weighted by Crippen LogP contribution is 2.27. The molecule has 0 unspecified atom stereocenters. The van der Waals surface area contributed by atoms with Crippen molar-refractivity contribution in [3.05, 3.63) is 81.0 Å². The first-order valence-corrected chi connectivity index (χ1v) is 11.4. The van der Waals surface area contributed by atoms with Gasteiger partial charge < -0.3 is 4.74 Å². The summed E-state index contributed by atoms with van der Waals surface area (Å²) in [6, 6.07) is 19.1. The fourth-order valence-electron chi connectivity index (χ4n) is 3.32. The molecule has 0 radical (unpaired) electrons. The lowest BCUT2D eigenvalue weighted by molar-refractivity contribution is 0.0956. The molecule has 0 aliphatic heterocycles. The van der Waals surface area contributed by atoms with Gasteiger partial charge in [0, 0.05) is 10.9 Å². The predicted octanol–water partition coefficient (Wildman–Crippen LogP) is 6.48. The van der Waals surface area contributed by atoms with Crippen LogP contribution < -0.4 is 10.2 Å². The van der Waals surface area contributed by atoms with Gasteiger partial charge in [-0.05, 0) is 75.4 Å². The number of nitrogens with zero attached hydrogens (tertiary/aromatic N) is 2. The Morgan fingerprint density at radius 3 is 2.59 bits per heavy atom. The number of fused-ring (bicyclic) bond motifs is 1. The maximum Gasteiger partial charge on any atom is 0.272 e. The molecule has 0 aliphatic carbocycles. The summed E-state index contributed by atoms with van der Waals surface area (Å²) in [5.74, 6) is 0.501. The first-order chi connectivity index (χ1) is 15.4. The second-order valence-electron chi connectivity index (χ2n) is 7.27. The molecule has 0 aliphatic rings. The Morgan fingerprint density at radius 2 is 1.91 bits per heavy atom. The van der Waals surface area contributed by atoms with Gasteiger partial charge in [-0.15, -0.1) is 11.3 Å². The minimum Gasteiger partial charge on any atom is -0.494 e. The lowest BCUT2D eigenvalue weighted by Crippen LogP contribution is -2.20. The number of aromatic nitrogens is 1. The third-order valence-electron chi connectivity index (χ3n) is 4.92. The van der Waals surface area contributed by atoms with Gasteiger partial charge in [-0.25, -0.2) is 10.4 Å². The fourth-order valence-corrected chi connectivity index (χ4v) is 4.31. The van der Waals surface area contributed by atoms with Gasteiger partial charge in [0.1, 0.15) is 5.75 Å². The maximum atomic E-state index is 13.1. The largest absolute Gasteiger partial charge is 0.494 e. The van der Waals surface area contributed by atoms with Gasteiger partial charge in [-0.2, -0.15) is 5.10 Å². The summed E-state index contributed by atoms with van der Waals surface area (Å²) in [5, 5.41) is 5.06. The van der Waals surface area contributed by atoms with E-state index in [0.717, 1.165) is 32.7 Å². The van der Waals surface area contributed by atoms with Crippen molar-refractivity contribution in [1.82, 2.24) is 10.4 Å². The van der Waals surface area contributed by atoms with Gasteiger partial charge >= 0.3 is 0 Å². The quantitative estimate of drug-likeness (QED) is 0.263. The third-order valence-corrected chi connectivity index (χ3v) is 6.26. The minimum atomic E-state index is -0.294. The molecule has 0 saturated heterocycles. The Hall–Kier alpha value is -3.22. The molecule has 2 heterocycles. The Morgan fingerprint density at radius 1 is 1.12 bits per heavy atom. The van der Waals surface area contributed by atoms with Crippen molar-refractivity contribution in [2.45, 2.75) is 20.8 Å². The normalized spacial score (nSPS) is 11.6. The Bertz CT molecular complexity index is 1310. The number of ether oxygens (including phenoxy) is 1. The molecule has 0 fully saturated rings. The Balaban J connectivity index is 1.71. The summed E-state index contributed by atoms with van der Waals surface area (Å²) in [6.45, 7) is 6.38. The van der Waals surface area contributed by atoms with Gasteiger partial charge in [0.05, 0.1) is 38.3 Å². The van der Waals surface area contributed by atoms with Crippen LogP contribution >= 0.6 is 22.9 Å². The van der Waals surface area contributed by atoms with E-state index in [1.165, 1.54) is 11.3 Å². The number of carbonyl (C=O) groups is 1. The van der Waals surface area contributed by atoms with Crippen LogP contribution in [-0.4, -0.2) is 23.2 Å². The summed E-state index contributed by atoms with van der Waals surface area (Å²) in [6.07, 6.45) is 0. The molecule has 1 N–H and O–H groups in total. The van der Waals surface area contributed by atoms with E-state index in [1.807, 2.05) is 75.4 Å². The lowest BCUT2D eigenvalue weighted by Gasteiger charge is -2.11. The van der Waals surface area contributed by atoms with Crippen LogP contribution in [0.2, 0.25) is 4.34 Å². The van der Waals surface area contributed by atoms with Gasteiger partial charge in [-0.3, -0.25) is 4.79 Å². The Labute approximate surface area is 195 Å². The number of amides is 1. The van der Waals surface area contributed by atoms with Crippen LogP contribution in [0.1, 0.15) is 34.6 Å². The monoisotopic (exact) mass is 463 g/mol. The van der Waals surface area contributed by atoms with Crippen molar-refractivity contribution in [3.63, 3.8) is 0 Å². The molecule has 0 saturated carbocycles. The van der Waals surface area contributed by atoms with E-state index in [1.54, 1.807) is 6.07 Å². The zero-order valence-electron chi connectivity index (χ0n) is 18.0. The molecule has 32 heavy (non-hydrogen) atoms. The van der Waals surface area contributed by atoms with Crippen LogP contribution in [0.4, 0.5) is 0 Å². The van der Waals surface area contributed by atoms with Crippen molar-refractivity contribution in [1.29, 1.82) is 0 Å². The highest BCUT2D eigenvalue weighted by molar-refractivity contribution is 7.18. The molecule has 162 valence electrons. The molecule has 7 heteroatoms. The minimum absolute atomic E-state index is 0.294.